The molecule has 6 aliphatic rings. The van der Waals surface area contributed by atoms with Crippen LogP contribution in [-0.4, -0.2) is 0 Å². The minimum atomic E-state index is -0.891. The first-order chi connectivity index (χ1) is 45.8. The van der Waals surface area contributed by atoms with Gasteiger partial charge in [0.2, 0.25) is 0 Å². The first-order valence-corrected chi connectivity index (χ1v) is 34.5. The number of aryl methyl sites for hydroxylation is 1. The molecule has 0 unspecified atom stereocenters. The lowest BCUT2D eigenvalue weighted by atomic mass is 9.65. The van der Waals surface area contributed by atoms with Crippen molar-refractivity contribution in [2.45, 2.75) is 109 Å². The van der Waals surface area contributed by atoms with E-state index in [2.05, 4.69) is 337 Å². The molecule has 0 saturated heterocycles. The summed E-state index contributed by atoms with van der Waals surface area (Å²) in [7, 11) is 0. The summed E-state index contributed by atoms with van der Waals surface area (Å²) in [5, 5.41) is 0. The van der Waals surface area contributed by atoms with Gasteiger partial charge in [-0.25, -0.2) is 0 Å². The van der Waals surface area contributed by atoms with Crippen molar-refractivity contribution in [2.75, 3.05) is 0 Å². The zero-order chi connectivity index (χ0) is 64.6. The van der Waals surface area contributed by atoms with Crippen LogP contribution in [0.3, 0.4) is 0 Å². The van der Waals surface area contributed by atoms with Crippen molar-refractivity contribution >= 4 is 0 Å². The Labute approximate surface area is 560 Å². The van der Waals surface area contributed by atoms with Gasteiger partial charge in [0.25, 0.3) is 0 Å². The summed E-state index contributed by atoms with van der Waals surface area (Å²) in [4.78, 5) is 0. The Morgan fingerprint density at radius 1 is 0.179 bits per heavy atom. The molecule has 0 heterocycles. The van der Waals surface area contributed by atoms with Crippen LogP contribution in [0.25, 0.3) is 111 Å². The van der Waals surface area contributed by atoms with Crippen LogP contribution < -0.4 is 0 Å². The third-order valence-electron chi connectivity index (χ3n) is 24.5. The van der Waals surface area contributed by atoms with Crippen molar-refractivity contribution in [3.63, 3.8) is 0 Å². The Morgan fingerprint density at radius 3 is 0.737 bits per heavy atom. The van der Waals surface area contributed by atoms with Gasteiger partial charge in [0.1, 0.15) is 0 Å². The van der Waals surface area contributed by atoms with Crippen molar-refractivity contribution in [3.05, 3.63) is 344 Å². The Hall–Kier alpha value is -10.1. The van der Waals surface area contributed by atoms with Crippen molar-refractivity contribution in [1.82, 2.24) is 0 Å². The third-order valence-corrected chi connectivity index (χ3v) is 24.5. The third kappa shape index (κ3) is 7.17. The van der Waals surface area contributed by atoms with E-state index in [-0.39, 0.29) is 27.1 Å². The maximum absolute atomic E-state index is 2.66. The second-order valence-corrected chi connectivity index (χ2v) is 31.0. The summed E-state index contributed by atoms with van der Waals surface area (Å²) in [6.07, 6.45) is 0. The normalized spacial score (nSPS) is 16.7. The zero-order valence-corrected chi connectivity index (χ0v) is 56.3. The molecule has 13 aromatic carbocycles. The van der Waals surface area contributed by atoms with Crippen LogP contribution in [0.5, 0.6) is 0 Å². The molecule has 0 aliphatic heterocycles. The van der Waals surface area contributed by atoms with E-state index in [1.54, 1.807) is 0 Å². The van der Waals surface area contributed by atoms with Gasteiger partial charge in [-0.2, -0.15) is 0 Å². The standard InChI is InChI=1S/C95H76/c1-55-27-22-46-81-83(55)89-82(48-47-80-88(89)70-32-16-21-41-75(70)94(80,10)11)95(81,60-51-56(62-33-23-42-76-84(62)66-28-12-17-37-71(66)90(76,2)3)49-57(52-60)63-34-24-43-77-85(63)67-29-13-18-38-72(67)91(77,4)5)61-53-58(64-35-25-44-78-86(64)68-30-14-19-39-73(68)92(78,6)7)50-59(54-61)65-36-26-45-79-87(65)69-31-15-20-40-74(69)93(79,8)9/h12-54H,1-11H3. The summed E-state index contributed by atoms with van der Waals surface area (Å²) in [5.74, 6) is 0. The zero-order valence-electron chi connectivity index (χ0n) is 56.3. The Balaban J connectivity index is 1.01. The molecule has 0 fully saturated rings. The molecule has 0 spiro atoms. The highest BCUT2D eigenvalue weighted by Gasteiger charge is 2.52. The Bertz CT molecular complexity index is 5070. The second-order valence-electron chi connectivity index (χ2n) is 31.0. The molecule has 0 nitrogen and oxygen atoms in total. The first-order valence-electron chi connectivity index (χ1n) is 34.5. The molecule has 0 atom stereocenters. The molecule has 13 aromatic rings. The first kappa shape index (κ1) is 56.4. The van der Waals surface area contributed by atoms with E-state index < -0.39 is 5.41 Å². The number of rotatable bonds is 6. The maximum Gasteiger partial charge on any atom is 0.0714 e. The maximum atomic E-state index is 2.66. The summed E-state index contributed by atoms with van der Waals surface area (Å²) < 4.78 is 0. The highest BCUT2D eigenvalue weighted by Crippen LogP contribution is 2.66. The minimum Gasteiger partial charge on any atom is -0.0619 e. The average molecular weight is 1220 g/mol. The molecule has 0 bridgehead atoms. The van der Waals surface area contributed by atoms with Gasteiger partial charge in [0, 0.05) is 27.1 Å². The van der Waals surface area contributed by atoms with E-state index in [1.165, 1.54) is 195 Å². The fourth-order valence-electron chi connectivity index (χ4n) is 19.9. The summed E-state index contributed by atoms with van der Waals surface area (Å²) >= 11 is 0. The fourth-order valence-corrected chi connectivity index (χ4v) is 19.9. The van der Waals surface area contributed by atoms with Crippen LogP contribution in [-0.2, 0) is 32.5 Å². The molecule has 19 rings (SSSR count). The molecular formula is C95H76. The summed E-state index contributed by atoms with van der Waals surface area (Å²) in [6.45, 7) is 26.6. The summed E-state index contributed by atoms with van der Waals surface area (Å²) in [5.41, 5.74) is 44.2. The van der Waals surface area contributed by atoms with Crippen molar-refractivity contribution < 1.29 is 0 Å². The Kier molecular flexibility index (Phi) is 11.3. The van der Waals surface area contributed by atoms with E-state index in [0.717, 1.165) is 0 Å². The molecule has 0 saturated carbocycles. The second kappa shape index (κ2) is 19.0. The van der Waals surface area contributed by atoms with Gasteiger partial charge in [-0.15, -0.1) is 0 Å². The number of benzene rings is 13. The molecule has 0 heteroatoms. The molecule has 6 aliphatic carbocycles. The van der Waals surface area contributed by atoms with Gasteiger partial charge in [-0.3, -0.25) is 0 Å². The van der Waals surface area contributed by atoms with Crippen molar-refractivity contribution in [1.29, 1.82) is 0 Å². The highest BCUT2D eigenvalue weighted by atomic mass is 14.5. The largest absolute Gasteiger partial charge is 0.0714 e. The molecule has 0 N–H and O–H groups in total. The molecule has 0 aromatic heterocycles. The van der Waals surface area contributed by atoms with Crippen LogP contribution in [0.15, 0.2) is 261 Å². The minimum absolute atomic E-state index is 0.192. The van der Waals surface area contributed by atoms with Crippen molar-refractivity contribution in [3.8, 4) is 111 Å². The predicted molar refractivity (Wildman–Crippen MR) is 398 cm³/mol. The van der Waals surface area contributed by atoms with Gasteiger partial charge >= 0.3 is 0 Å². The monoisotopic (exact) mass is 1220 g/mol. The van der Waals surface area contributed by atoms with Crippen LogP contribution >= 0.6 is 0 Å². The van der Waals surface area contributed by atoms with E-state index >= 15 is 0 Å². The number of fused-ring (bicyclic) bond motifs is 19. The van der Waals surface area contributed by atoms with Gasteiger partial charge in [0.05, 0.1) is 5.41 Å². The summed E-state index contributed by atoms with van der Waals surface area (Å²) in [6, 6.07) is 103. The lowest BCUT2D eigenvalue weighted by molar-refractivity contribution is 0.659. The van der Waals surface area contributed by atoms with Crippen LogP contribution in [0.1, 0.15) is 153 Å². The van der Waals surface area contributed by atoms with Gasteiger partial charge in [0.15, 0.2) is 0 Å². The SMILES string of the molecule is Cc1cccc2c1-c1c(ccc3c1-c1ccccc1C3(C)C)C2(c1cc(-c2cccc3c2-c2ccccc2C3(C)C)cc(-c2cccc3c2-c2ccccc2C3(C)C)c1)c1cc(-c2cccc3c2-c2ccccc2C3(C)C)cc(-c2cccc3c2-c2ccccc2C3(C)C)c1. The number of hydrogen-bond donors (Lipinski definition) is 0. The van der Waals surface area contributed by atoms with Crippen LogP contribution in [0.2, 0.25) is 0 Å². The smallest absolute Gasteiger partial charge is 0.0619 e. The predicted octanol–water partition coefficient (Wildman–Crippen LogP) is 24.6. The lowest BCUT2D eigenvalue weighted by Crippen LogP contribution is -2.29. The molecule has 456 valence electrons. The van der Waals surface area contributed by atoms with Crippen molar-refractivity contribution in [2.24, 2.45) is 0 Å². The topological polar surface area (TPSA) is 0 Å². The number of hydrogen-bond acceptors (Lipinski definition) is 0. The highest BCUT2D eigenvalue weighted by molar-refractivity contribution is 6.05. The van der Waals surface area contributed by atoms with Crippen LogP contribution in [0.4, 0.5) is 0 Å². The fraction of sp³-hybridized carbons (Fsp3) is 0.179. The van der Waals surface area contributed by atoms with Crippen LogP contribution in [0, 0.1) is 6.92 Å². The lowest BCUT2D eigenvalue weighted by Gasteiger charge is -2.36. The Morgan fingerprint density at radius 2 is 0.411 bits per heavy atom. The average Bonchev–Trinajstić information content (AvgIpc) is 1.53. The van der Waals surface area contributed by atoms with Gasteiger partial charge in [-0.1, -0.05) is 294 Å². The van der Waals surface area contributed by atoms with Gasteiger partial charge < -0.3 is 0 Å². The van der Waals surface area contributed by atoms with E-state index in [1.807, 2.05) is 0 Å². The quantitative estimate of drug-likeness (QED) is 0.156. The molecule has 0 amide bonds. The molecule has 0 radical (unpaired) electrons. The van der Waals surface area contributed by atoms with E-state index in [0.29, 0.717) is 0 Å². The molecule has 95 heavy (non-hydrogen) atoms. The van der Waals surface area contributed by atoms with E-state index in [4.69, 9.17) is 0 Å². The molecular weight excluding hydrogens is 1140 g/mol. The van der Waals surface area contributed by atoms with E-state index in [9.17, 15) is 0 Å². The van der Waals surface area contributed by atoms with Gasteiger partial charge in [-0.05, 0) is 238 Å².